The summed E-state index contributed by atoms with van der Waals surface area (Å²) in [5.74, 6) is -14.4. The Hall–Kier alpha value is -5.26. The highest BCUT2D eigenvalue weighted by Gasteiger charge is 2.62. The summed E-state index contributed by atoms with van der Waals surface area (Å²) in [5, 5.41) is 180. The number of aliphatic hydroxyl groups excluding tert-OH is 11. The molecule has 8 aliphatic rings. The molecule has 0 aliphatic carbocycles. The van der Waals surface area contributed by atoms with Crippen LogP contribution in [-0.2, 0) is 208 Å². The smallest absolute Gasteiger partial charge is 0.218 e. The summed E-state index contributed by atoms with van der Waals surface area (Å²) in [4.78, 5) is 75.8. The number of hydrogen-bond donors (Lipinski definition) is 15. The molecule has 0 aromatic rings. The number of aliphatic hydroxyl groups is 11. The van der Waals surface area contributed by atoms with Gasteiger partial charge in [0.1, 0.15) is 177 Å². The molecule has 8 fully saturated rings. The van der Waals surface area contributed by atoms with E-state index in [9.17, 15) is 209 Å². The monoisotopic (exact) mass is 2080 g/mol. The van der Waals surface area contributed by atoms with Crippen LogP contribution in [0.25, 0.3) is 0 Å². The molecule has 0 spiro atoms. The number of amides is 2. The van der Waals surface area contributed by atoms with E-state index in [2.05, 4.69) is 25.1 Å². The fourth-order valence-electron chi connectivity index (χ4n) is 14.0. The van der Waals surface area contributed by atoms with Gasteiger partial charge in [-0.25, -0.2) is 76.8 Å². The van der Waals surface area contributed by atoms with Gasteiger partial charge in [-0.3, -0.25) is 34.7 Å². The van der Waals surface area contributed by atoms with E-state index < -0.39 is 390 Å². The minimum Gasteiger partial charge on any atom is -0.735 e. The number of carbonyl (C=O) groups excluding carboxylic acids is 6. The zero-order valence-corrected chi connectivity index (χ0v) is 71.1. The highest BCUT2D eigenvalue weighted by molar-refractivity contribution is 7.84. The van der Waals surface area contributed by atoms with Crippen molar-refractivity contribution >= 4 is 119 Å². The first kappa shape index (κ1) is 111. The van der Waals surface area contributed by atoms with Crippen LogP contribution in [0.5, 0.6) is 0 Å². The van der Waals surface area contributed by atoms with E-state index in [1.807, 2.05) is 10.6 Å². The number of carboxylic acid groups (broad SMARTS) is 4. The maximum absolute atomic E-state index is 13.3. The molecular formula is C53H72N4O66S8-12. The van der Waals surface area contributed by atoms with Crippen LogP contribution < -0.4 is 40.5 Å². The lowest BCUT2D eigenvalue weighted by atomic mass is 9.90. The molecule has 0 radical (unpaired) electrons. The quantitative estimate of drug-likeness (QED) is 0.0200. The summed E-state index contributed by atoms with van der Waals surface area (Å²) in [6, 6.07) is -11.3. The average molecular weight is 2080 g/mol. The van der Waals surface area contributed by atoms with Crippen LogP contribution in [-0.4, -0.2) is 461 Å². The van der Waals surface area contributed by atoms with Gasteiger partial charge in [-0.1, -0.05) is 6.92 Å². The van der Waals surface area contributed by atoms with Crippen molar-refractivity contribution in [2.24, 2.45) is 5.92 Å². The Labute approximate surface area is 733 Å². The SMILES string of the molecule is CC(=O)N[C@H]1[C@@H](O[C@H]2[C@H](O)[C@@H](O)[C@H](O[C@H]3[C@H](OS(=O)(=O)[O-])[C@@H](NS(=O)(=O)[O-])[C@@H](O[C@H]4[C@H](O)[C@@H](OS(=O)(=O)[O-])[C@H](O[C@H]5[C@H](O)[C@@H](NS(=O)(=O)[O-])[C@@H](O[C@H]6[C@H](O)[C@@H](O)[C@H](O[C@H]7[C@H](O)[C@@H](NC(C)=O)C(O)O[C@@H]7COS(=O)(=O)[O-])O[C@H]6C(=O)[O-])O[C@@H]5COS(=O)(=O)[O-])O[C@H]4C(=O)[O-])O[C@@H]3COS(=O)(=O)[O-])O[C@@H]2C(=O)[O-])O[C@H](COS(=O)(=O)[O-])[C@@H](O[C@@H]2O[C@@H](C(=O)[O-])[C@@H](C)[C@H](O)[C@H]2O)[C@@H]1O. The van der Waals surface area contributed by atoms with Crippen LogP contribution in [0.3, 0.4) is 0 Å². The van der Waals surface area contributed by atoms with E-state index in [4.69, 9.17) is 71.1 Å². The van der Waals surface area contributed by atoms with Gasteiger partial charge in [0.05, 0.1) is 56.4 Å². The Bertz CT molecular complexity index is 4990. The van der Waals surface area contributed by atoms with Gasteiger partial charge < -0.3 is 214 Å². The van der Waals surface area contributed by atoms with Gasteiger partial charge in [-0.15, -0.1) is 0 Å². The van der Waals surface area contributed by atoms with Crippen LogP contribution in [0.1, 0.15) is 20.8 Å². The van der Waals surface area contributed by atoms with E-state index in [1.165, 1.54) is 0 Å². The largest absolute Gasteiger partial charge is 0.735 e. The van der Waals surface area contributed by atoms with Crippen LogP contribution >= 0.6 is 0 Å². The van der Waals surface area contributed by atoms with Crippen LogP contribution in [0.4, 0.5) is 0 Å². The zero-order chi connectivity index (χ0) is 99.1. The average Bonchev–Trinajstić information content (AvgIpc) is 0.735. The first-order valence-corrected chi connectivity index (χ1v) is 46.5. The van der Waals surface area contributed by atoms with E-state index >= 15 is 0 Å². The molecule has 0 aromatic carbocycles. The Morgan fingerprint density at radius 2 is 0.557 bits per heavy atom. The van der Waals surface area contributed by atoms with Crippen molar-refractivity contribution in [3.8, 4) is 0 Å². The normalized spacial score (nSPS) is 41.0. The summed E-state index contributed by atoms with van der Waals surface area (Å²) >= 11 is 0. The summed E-state index contributed by atoms with van der Waals surface area (Å²) in [5.41, 5.74) is 0. The molecule has 0 aromatic heterocycles. The molecule has 131 heavy (non-hydrogen) atoms. The van der Waals surface area contributed by atoms with Crippen LogP contribution in [0.2, 0.25) is 0 Å². The Balaban J connectivity index is 1.13. The first-order valence-electron chi connectivity index (χ1n) is 35.7. The van der Waals surface area contributed by atoms with Crippen molar-refractivity contribution in [2.45, 2.75) is 260 Å². The van der Waals surface area contributed by atoms with E-state index in [-0.39, 0.29) is 0 Å². The number of ether oxygens (including phenoxy) is 15. The lowest BCUT2D eigenvalue weighted by Gasteiger charge is -2.52. The molecule has 15 N–H and O–H groups in total. The van der Waals surface area contributed by atoms with E-state index in [0.717, 1.165) is 23.3 Å². The summed E-state index contributed by atoms with van der Waals surface area (Å²) in [7, 11) is -50.9. The molecule has 8 heterocycles. The third kappa shape index (κ3) is 29.9. The highest BCUT2D eigenvalue weighted by Crippen LogP contribution is 2.42. The molecule has 2 amide bonds. The maximum atomic E-state index is 13.3. The van der Waals surface area contributed by atoms with Crippen molar-refractivity contribution in [3.05, 3.63) is 0 Å². The van der Waals surface area contributed by atoms with Crippen LogP contribution in [0, 0.1) is 5.92 Å². The summed E-state index contributed by atoms with van der Waals surface area (Å²) < 4.78 is 401. The topological polar surface area (TPSA) is 1120 Å². The molecule has 70 nitrogen and oxygen atoms in total. The molecular weight excluding hydrogens is 2010 g/mol. The minimum atomic E-state index is -6.85. The minimum absolute atomic E-state index is 0.655. The Kier molecular flexibility index (Phi) is 36.8. The predicted molar refractivity (Wildman–Crippen MR) is 355 cm³/mol. The molecule has 1 unspecified atom stereocenters. The molecule has 0 saturated carbocycles. The summed E-state index contributed by atoms with van der Waals surface area (Å²) in [6.07, 6.45) is -105. The van der Waals surface area contributed by atoms with Crippen molar-refractivity contribution < 1.29 is 305 Å². The second-order valence-corrected chi connectivity index (χ2v) is 37.0. The van der Waals surface area contributed by atoms with Gasteiger partial charge in [-0.05, 0) is 0 Å². The van der Waals surface area contributed by atoms with Crippen molar-refractivity contribution in [1.82, 2.24) is 20.1 Å². The Morgan fingerprint density at radius 3 is 0.916 bits per heavy atom. The lowest BCUT2D eigenvalue weighted by Crippen LogP contribution is -2.72. The van der Waals surface area contributed by atoms with Crippen LogP contribution in [0.15, 0.2) is 0 Å². The van der Waals surface area contributed by atoms with Gasteiger partial charge in [0, 0.05) is 19.8 Å². The fraction of sp³-hybridized carbons (Fsp3) is 0.887. The standard InChI is InChI=1S/C53H84N4O66S8/c1-8-19(60)25(66)50(111-29(8)42(70)71)113-31-12(5-104-127(88,89)90)108-47(16(21(31)62)55-10(3)59)116-35-24(65)27(68)52(120-39(35)43(72)73)115-33-14(7-106-129(94,95)96)110-49(18(57-125(82,83)84)34(33)122-130(97,98)99)118-37-28(69)38(123-131(100,101)102)53(121-41(37)45(76)77)114-32-13(6-105-128(91,92)93)109-48(17(22(32)63)56-124(79,80)81)117-36-23(64)26(67)51(119-40(36)44(74)75)112-30-11(4-103-126(85,86)87)107-46(78)15(20(30)61)54-9(2)58/h8,11-41,46-53,56-57,60-69,78H,4-7H2,1-3H3,(H,54,58)(H,55,59)(H,70,71)(H,72,73)(H,74,75)(H,76,77)(H,79,80,81)(H,82,83,84)(H,85,86,87)(H,88,89,90)(H,91,92,93)(H,94,95,96)(H,97,98,99)(H,100,101,102)/p-12/t8-,11+,12+,13+,14+,15+,16+,17+,18+,19-,20+,21+,22+,23+,24+,25+,26+,27+,28-,29+,30+,31+,32+,33+,34+,35-,36-,37-,38+,39-,40+,41+,46?,47+,48+,49+,50-,51+,52+,53+/m0/s1. The van der Waals surface area contributed by atoms with E-state index in [0.29, 0.717) is 6.92 Å². The fourth-order valence-corrected chi connectivity index (χ4v) is 17.4. The number of hydrogen-bond acceptors (Lipinski definition) is 66. The predicted octanol–water partition coefficient (Wildman–Crippen LogP) is -26.8. The van der Waals surface area contributed by atoms with Gasteiger partial charge in [-0.2, -0.15) is 0 Å². The molecule has 8 aliphatic heterocycles. The third-order valence-corrected chi connectivity index (χ3v) is 23.2. The number of nitrogens with one attached hydrogen (secondary N) is 4. The second-order valence-electron chi connectivity index (χ2n) is 28.5. The molecule has 8 saturated heterocycles. The van der Waals surface area contributed by atoms with Gasteiger partial charge in [0.25, 0.3) is 0 Å². The van der Waals surface area contributed by atoms with Crippen molar-refractivity contribution in [1.29, 1.82) is 0 Å². The van der Waals surface area contributed by atoms with Gasteiger partial charge in [0.15, 0.2) is 77.0 Å². The van der Waals surface area contributed by atoms with Gasteiger partial charge in [0.2, 0.25) is 74.2 Å². The van der Waals surface area contributed by atoms with Crippen molar-refractivity contribution in [2.75, 3.05) is 26.4 Å². The molecule has 8 rings (SSSR count). The summed E-state index contributed by atoms with van der Waals surface area (Å²) in [6.45, 7) is -5.20. The van der Waals surface area contributed by atoms with Gasteiger partial charge >= 0.3 is 0 Å². The number of carbonyl (C=O) groups is 6. The molecule has 40 atom stereocenters. The highest BCUT2D eigenvalue weighted by atomic mass is 32.3. The third-order valence-electron chi connectivity index (χ3n) is 19.5. The Morgan fingerprint density at radius 1 is 0.282 bits per heavy atom. The first-order chi connectivity index (χ1) is 59.8. The molecule has 78 heteroatoms. The molecule has 760 valence electrons. The number of aliphatic carboxylic acids is 4. The number of carboxylic acids is 4. The maximum Gasteiger partial charge on any atom is 0.218 e. The van der Waals surface area contributed by atoms with E-state index in [1.54, 1.807) is 0 Å². The lowest BCUT2D eigenvalue weighted by molar-refractivity contribution is -0.394. The zero-order valence-electron chi connectivity index (χ0n) is 64.6. The molecule has 0 bridgehead atoms. The second kappa shape index (κ2) is 43.4. The van der Waals surface area contributed by atoms with Crippen molar-refractivity contribution in [3.63, 3.8) is 0 Å². The number of rotatable bonds is 40.